The Labute approximate surface area is 94.2 Å². The van der Waals surface area contributed by atoms with Crippen molar-refractivity contribution in [2.75, 3.05) is 25.2 Å². The van der Waals surface area contributed by atoms with Gasteiger partial charge in [-0.3, -0.25) is 0 Å². The van der Waals surface area contributed by atoms with Gasteiger partial charge in [-0.05, 0) is 12.8 Å². The average Bonchev–Trinajstić information content (AvgIpc) is 2.66. The lowest BCUT2D eigenvalue weighted by atomic mass is 10.2. The van der Waals surface area contributed by atoms with Crippen molar-refractivity contribution in [2.45, 2.75) is 18.9 Å². The molecule has 82 valence electrons. The Kier molecular flexibility index (Phi) is 3.38. The molecular formula is C10H14ClN3O. The topological polar surface area (TPSA) is 38.2 Å². The van der Waals surface area contributed by atoms with Gasteiger partial charge < -0.3 is 9.64 Å². The van der Waals surface area contributed by atoms with Crippen molar-refractivity contribution in [2.24, 2.45) is 0 Å². The fraction of sp³-hybridized carbons (Fsp3) is 0.600. The van der Waals surface area contributed by atoms with E-state index < -0.39 is 0 Å². The molecule has 0 aromatic carbocycles. The monoisotopic (exact) mass is 227 g/mol. The highest BCUT2D eigenvalue weighted by atomic mass is 35.5. The van der Waals surface area contributed by atoms with Gasteiger partial charge in [-0.25, -0.2) is 9.97 Å². The van der Waals surface area contributed by atoms with Crippen LogP contribution in [0.3, 0.4) is 0 Å². The van der Waals surface area contributed by atoms with Crippen LogP contribution in [0.2, 0.25) is 5.15 Å². The third-order valence-electron chi connectivity index (χ3n) is 2.65. The summed E-state index contributed by atoms with van der Waals surface area (Å²) in [6.07, 6.45) is 3.82. The maximum absolute atomic E-state index is 5.84. The van der Waals surface area contributed by atoms with Crippen molar-refractivity contribution >= 4 is 17.4 Å². The SMILES string of the molecule is COCC1CCCN1c1cc(Cl)ncn1. The van der Waals surface area contributed by atoms with E-state index in [2.05, 4.69) is 14.9 Å². The summed E-state index contributed by atoms with van der Waals surface area (Å²) < 4.78 is 5.19. The fourth-order valence-electron chi connectivity index (χ4n) is 1.98. The third kappa shape index (κ3) is 2.38. The van der Waals surface area contributed by atoms with Gasteiger partial charge in [0.25, 0.3) is 0 Å². The lowest BCUT2D eigenvalue weighted by molar-refractivity contribution is 0.180. The van der Waals surface area contributed by atoms with Gasteiger partial charge in [0, 0.05) is 19.7 Å². The van der Waals surface area contributed by atoms with Crippen LogP contribution in [0.15, 0.2) is 12.4 Å². The molecule has 0 bridgehead atoms. The summed E-state index contributed by atoms with van der Waals surface area (Å²) in [6, 6.07) is 2.22. The predicted molar refractivity (Wildman–Crippen MR) is 59.3 cm³/mol. The molecule has 2 heterocycles. The van der Waals surface area contributed by atoms with E-state index >= 15 is 0 Å². The Balaban J connectivity index is 2.15. The maximum Gasteiger partial charge on any atom is 0.134 e. The average molecular weight is 228 g/mol. The number of ether oxygens (including phenoxy) is 1. The quantitative estimate of drug-likeness (QED) is 0.738. The molecule has 4 nitrogen and oxygen atoms in total. The first kappa shape index (κ1) is 10.6. The molecule has 1 unspecified atom stereocenters. The van der Waals surface area contributed by atoms with Crippen molar-refractivity contribution in [3.63, 3.8) is 0 Å². The van der Waals surface area contributed by atoms with E-state index in [9.17, 15) is 0 Å². The molecule has 0 spiro atoms. The zero-order chi connectivity index (χ0) is 10.7. The molecule has 1 saturated heterocycles. The number of halogens is 1. The molecule has 0 radical (unpaired) electrons. The normalized spacial score (nSPS) is 20.9. The minimum Gasteiger partial charge on any atom is -0.383 e. The van der Waals surface area contributed by atoms with E-state index in [0.29, 0.717) is 11.2 Å². The van der Waals surface area contributed by atoms with E-state index in [1.807, 2.05) is 0 Å². The molecule has 0 amide bonds. The molecule has 0 aliphatic carbocycles. The van der Waals surface area contributed by atoms with E-state index in [4.69, 9.17) is 16.3 Å². The summed E-state index contributed by atoms with van der Waals surface area (Å²) in [5.74, 6) is 0.898. The van der Waals surface area contributed by atoms with Gasteiger partial charge in [0.05, 0.1) is 12.6 Å². The van der Waals surface area contributed by atoms with E-state index in [0.717, 1.165) is 25.4 Å². The molecular weight excluding hydrogens is 214 g/mol. The summed E-state index contributed by atoms with van der Waals surface area (Å²) in [5.41, 5.74) is 0. The molecule has 0 N–H and O–H groups in total. The smallest absolute Gasteiger partial charge is 0.134 e. The Morgan fingerprint density at radius 2 is 2.47 bits per heavy atom. The zero-order valence-corrected chi connectivity index (χ0v) is 9.44. The van der Waals surface area contributed by atoms with Crippen LogP contribution < -0.4 is 4.90 Å². The molecule has 15 heavy (non-hydrogen) atoms. The van der Waals surface area contributed by atoms with Crippen LogP contribution in [-0.2, 0) is 4.74 Å². The van der Waals surface area contributed by atoms with Crippen LogP contribution in [0.25, 0.3) is 0 Å². The molecule has 1 aliphatic heterocycles. The second-order valence-corrected chi connectivity index (χ2v) is 4.03. The van der Waals surface area contributed by atoms with Crippen molar-refractivity contribution < 1.29 is 4.74 Å². The van der Waals surface area contributed by atoms with E-state index in [-0.39, 0.29) is 0 Å². The Morgan fingerprint density at radius 1 is 1.60 bits per heavy atom. The number of hydrogen-bond donors (Lipinski definition) is 0. The number of hydrogen-bond acceptors (Lipinski definition) is 4. The highest BCUT2D eigenvalue weighted by Gasteiger charge is 2.25. The maximum atomic E-state index is 5.84. The van der Waals surface area contributed by atoms with Crippen molar-refractivity contribution in [1.29, 1.82) is 0 Å². The summed E-state index contributed by atoms with van der Waals surface area (Å²) in [4.78, 5) is 10.3. The molecule has 1 atom stereocenters. The number of anilines is 1. The van der Waals surface area contributed by atoms with Crippen LogP contribution in [-0.4, -0.2) is 36.3 Å². The minimum atomic E-state index is 0.418. The largest absolute Gasteiger partial charge is 0.383 e. The number of rotatable bonds is 3. The Hall–Kier alpha value is -0.870. The van der Waals surface area contributed by atoms with Crippen LogP contribution in [0.5, 0.6) is 0 Å². The minimum absolute atomic E-state index is 0.418. The first-order valence-electron chi connectivity index (χ1n) is 5.04. The lowest BCUT2D eigenvalue weighted by Crippen LogP contribution is -2.33. The molecule has 2 rings (SSSR count). The summed E-state index contributed by atoms with van der Waals surface area (Å²) in [5, 5.41) is 0.489. The molecule has 1 fully saturated rings. The number of aromatic nitrogens is 2. The van der Waals surface area contributed by atoms with Crippen molar-refractivity contribution in [1.82, 2.24) is 9.97 Å². The van der Waals surface area contributed by atoms with Crippen LogP contribution in [0.4, 0.5) is 5.82 Å². The second-order valence-electron chi connectivity index (χ2n) is 3.64. The van der Waals surface area contributed by atoms with Crippen LogP contribution in [0.1, 0.15) is 12.8 Å². The van der Waals surface area contributed by atoms with Gasteiger partial charge >= 0.3 is 0 Å². The fourth-order valence-corrected chi connectivity index (χ4v) is 2.13. The van der Waals surface area contributed by atoms with Crippen molar-refractivity contribution in [3.05, 3.63) is 17.5 Å². The van der Waals surface area contributed by atoms with Gasteiger partial charge in [0.15, 0.2) is 0 Å². The van der Waals surface area contributed by atoms with Crippen LogP contribution in [0, 0.1) is 0 Å². The molecule has 5 heteroatoms. The van der Waals surface area contributed by atoms with Gasteiger partial charge in [0.2, 0.25) is 0 Å². The molecule has 0 saturated carbocycles. The first-order chi connectivity index (χ1) is 7.31. The van der Waals surface area contributed by atoms with Gasteiger partial charge in [-0.1, -0.05) is 11.6 Å². The Bertz CT molecular complexity index is 334. The number of methoxy groups -OCH3 is 1. The molecule has 1 aromatic heterocycles. The summed E-state index contributed by atoms with van der Waals surface area (Å²) in [6.45, 7) is 1.75. The molecule has 1 aromatic rings. The van der Waals surface area contributed by atoms with Gasteiger partial charge in [0.1, 0.15) is 17.3 Å². The summed E-state index contributed by atoms with van der Waals surface area (Å²) >= 11 is 5.84. The van der Waals surface area contributed by atoms with Gasteiger partial charge in [-0.2, -0.15) is 0 Å². The van der Waals surface area contributed by atoms with Gasteiger partial charge in [-0.15, -0.1) is 0 Å². The first-order valence-corrected chi connectivity index (χ1v) is 5.42. The van der Waals surface area contributed by atoms with E-state index in [1.165, 1.54) is 12.7 Å². The van der Waals surface area contributed by atoms with Crippen LogP contribution >= 0.6 is 11.6 Å². The van der Waals surface area contributed by atoms with E-state index in [1.54, 1.807) is 13.2 Å². The second kappa shape index (κ2) is 4.77. The zero-order valence-electron chi connectivity index (χ0n) is 8.69. The van der Waals surface area contributed by atoms with Crippen molar-refractivity contribution in [3.8, 4) is 0 Å². The highest BCUT2D eigenvalue weighted by molar-refractivity contribution is 6.29. The standard InChI is InChI=1S/C10H14ClN3O/c1-15-6-8-3-2-4-14(8)10-5-9(11)12-7-13-10/h5,7-8H,2-4,6H2,1H3. The Morgan fingerprint density at radius 3 is 3.20 bits per heavy atom. The molecule has 1 aliphatic rings. The third-order valence-corrected chi connectivity index (χ3v) is 2.86. The lowest BCUT2D eigenvalue weighted by Gasteiger charge is -2.24. The predicted octanol–water partition coefficient (Wildman–Crippen LogP) is 1.75. The highest BCUT2D eigenvalue weighted by Crippen LogP contribution is 2.24. The summed E-state index contributed by atoms with van der Waals surface area (Å²) in [7, 11) is 1.73. The number of nitrogens with zero attached hydrogens (tertiary/aromatic N) is 3.